The number of hydrogen-bond donors (Lipinski definition) is 2. The summed E-state index contributed by atoms with van der Waals surface area (Å²) in [6.07, 6.45) is 1.92. The molecular weight excluding hydrogens is 357 g/mol. The van der Waals surface area contributed by atoms with Gasteiger partial charge in [-0.25, -0.2) is 0 Å². The normalized spacial score (nSPS) is 22.2. The van der Waals surface area contributed by atoms with Crippen LogP contribution in [0.4, 0.5) is 0 Å². The summed E-state index contributed by atoms with van der Waals surface area (Å²) in [5, 5.41) is 11.9. The molecule has 2 N–H and O–H groups in total. The van der Waals surface area contributed by atoms with Crippen molar-refractivity contribution < 1.29 is 14.7 Å². The highest BCUT2D eigenvalue weighted by Gasteiger charge is 2.30. The Kier molecular flexibility index (Phi) is 4.44. The van der Waals surface area contributed by atoms with Gasteiger partial charge in [-0.05, 0) is 60.4 Å². The van der Waals surface area contributed by atoms with Crippen LogP contribution in [0, 0.1) is 16.4 Å². The molecule has 0 bridgehead atoms. The molecule has 0 aliphatic heterocycles. The van der Waals surface area contributed by atoms with Gasteiger partial charge in [-0.3, -0.25) is 9.59 Å². The van der Waals surface area contributed by atoms with Crippen LogP contribution in [-0.2, 0) is 4.79 Å². The zero-order chi connectivity index (χ0) is 14.0. The standard InChI is InChI=1S/C14H16INO3/c1-8-3-2-4-11(12(8)15)13(17)16-10-6-5-9(7-10)14(18)19/h2-4,9-10H,5-7H2,1H3,(H,16,17)(H,18,19)/t9-,10+/m0/s1. The van der Waals surface area contributed by atoms with E-state index in [0.29, 0.717) is 18.4 Å². The van der Waals surface area contributed by atoms with E-state index in [1.165, 1.54) is 0 Å². The molecule has 1 saturated carbocycles. The number of aliphatic carboxylic acids is 1. The van der Waals surface area contributed by atoms with Crippen LogP contribution >= 0.6 is 22.6 Å². The van der Waals surface area contributed by atoms with Gasteiger partial charge < -0.3 is 10.4 Å². The Morgan fingerprint density at radius 3 is 2.74 bits per heavy atom. The van der Waals surface area contributed by atoms with E-state index < -0.39 is 5.97 Å². The smallest absolute Gasteiger partial charge is 0.306 e. The van der Waals surface area contributed by atoms with Crippen LogP contribution in [-0.4, -0.2) is 23.0 Å². The quantitative estimate of drug-likeness (QED) is 0.801. The number of aryl methyl sites for hydroxylation is 1. The molecule has 1 fully saturated rings. The summed E-state index contributed by atoms with van der Waals surface area (Å²) in [4.78, 5) is 23.1. The summed E-state index contributed by atoms with van der Waals surface area (Å²) in [7, 11) is 0. The highest BCUT2D eigenvalue weighted by Crippen LogP contribution is 2.26. The van der Waals surface area contributed by atoms with Gasteiger partial charge >= 0.3 is 5.97 Å². The molecule has 0 aromatic heterocycles. The number of carboxylic acids is 1. The van der Waals surface area contributed by atoms with Gasteiger partial charge in [0.25, 0.3) is 5.91 Å². The number of rotatable bonds is 3. The maximum Gasteiger partial charge on any atom is 0.306 e. The van der Waals surface area contributed by atoms with Gasteiger partial charge in [0.15, 0.2) is 0 Å². The molecule has 0 heterocycles. The third kappa shape index (κ3) is 3.26. The Morgan fingerprint density at radius 2 is 2.11 bits per heavy atom. The second-order valence-corrected chi connectivity index (χ2v) is 6.03. The van der Waals surface area contributed by atoms with Crippen LogP contribution in [0.2, 0.25) is 0 Å². The number of halogens is 1. The molecule has 4 nitrogen and oxygen atoms in total. The first-order valence-corrected chi connectivity index (χ1v) is 7.35. The largest absolute Gasteiger partial charge is 0.481 e. The molecule has 1 aliphatic carbocycles. The fourth-order valence-corrected chi connectivity index (χ4v) is 3.03. The predicted octanol–water partition coefficient (Wildman–Crippen LogP) is 2.58. The van der Waals surface area contributed by atoms with Gasteiger partial charge in [0, 0.05) is 9.61 Å². The lowest BCUT2D eigenvalue weighted by atomic mass is 10.1. The fraction of sp³-hybridized carbons (Fsp3) is 0.429. The van der Waals surface area contributed by atoms with Crippen LogP contribution in [0.1, 0.15) is 35.2 Å². The summed E-state index contributed by atoms with van der Waals surface area (Å²) >= 11 is 2.17. The van der Waals surface area contributed by atoms with Crippen LogP contribution in [0.15, 0.2) is 18.2 Å². The molecule has 2 atom stereocenters. The number of carbonyl (C=O) groups excluding carboxylic acids is 1. The van der Waals surface area contributed by atoms with E-state index in [9.17, 15) is 9.59 Å². The SMILES string of the molecule is Cc1cccc(C(=O)N[C@@H]2CC[C@H](C(=O)O)C2)c1I. The lowest BCUT2D eigenvalue weighted by Gasteiger charge is -2.14. The number of carboxylic acid groups (broad SMARTS) is 1. The molecule has 1 aliphatic rings. The van der Waals surface area contributed by atoms with Crippen LogP contribution in [0.5, 0.6) is 0 Å². The van der Waals surface area contributed by atoms with Crippen LogP contribution < -0.4 is 5.32 Å². The average molecular weight is 373 g/mol. The van der Waals surface area contributed by atoms with Crippen molar-refractivity contribution in [2.45, 2.75) is 32.2 Å². The van der Waals surface area contributed by atoms with E-state index >= 15 is 0 Å². The summed E-state index contributed by atoms with van der Waals surface area (Å²) < 4.78 is 0.949. The van der Waals surface area contributed by atoms with Crippen molar-refractivity contribution in [3.63, 3.8) is 0 Å². The van der Waals surface area contributed by atoms with Crippen molar-refractivity contribution in [1.29, 1.82) is 0 Å². The molecule has 1 aromatic rings. The summed E-state index contributed by atoms with van der Waals surface area (Å²) in [5.41, 5.74) is 1.74. The first-order valence-electron chi connectivity index (χ1n) is 6.28. The first kappa shape index (κ1) is 14.3. The van der Waals surface area contributed by atoms with E-state index in [-0.39, 0.29) is 17.9 Å². The van der Waals surface area contributed by atoms with E-state index in [4.69, 9.17) is 5.11 Å². The summed E-state index contributed by atoms with van der Waals surface area (Å²) in [5.74, 6) is -1.19. The third-order valence-corrected chi connectivity index (χ3v) is 4.99. The maximum absolute atomic E-state index is 12.2. The molecule has 0 spiro atoms. The van der Waals surface area contributed by atoms with E-state index in [2.05, 4.69) is 27.9 Å². The van der Waals surface area contributed by atoms with E-state index in [0.717, 1.165) is 15.6 Å². The number of amides is 1. The maximum atomic E-state index is 12.2. The Balaban J connectivity index is 2.02. The average Bonchev–Trinajstić information content (AvgIpc) is 2.81. The van der Waals surface area contributed by atoms with Gasteiger partial charge in [0.05, 0.1) is 11.5 Å². The highest BCUT2D eigenvalue weighted by atomic mass is 127. The number of hydrogen-bond acceptors (Lipinski definition) is 2. The number of nitrogens with one attached hydrogen (secondary N) is 1. The van der Waals surface area contributed by atoms with Crippen molar-refractivity contribution >= 4 is 34.5 Å². The van der Waals surface area contributed by atoms with Crippen LogP contribution in [0.3, 0.4) is 0 Å². The fourth-order valence-electron chi connectivity index (χ4n) is 2.42. The van der Waals surface area contributed by atoms with Gasteiger partial charge in [0.1, 0.15) is 0 Å². The minimum absolute atomic E-state index is 0.0232. The second-order valence-electron chi connectivity index (χ2n) is 4.96. The highest BCUT2D eigenvalue weighted by molar-refractivity contribution is 14.1. The monoisotopic (exact) mass is 373 g/mol. The lowest BCUT2D eigenvalue weighted by molar-refractivity contribution is -0.141. The summed E-state index contributed by atoms with van der Waals surface area (Å²) in [6, 6.07) is 5.61. The molecule has 2 rings (SSSR count). The topological polar surface area (TPSA) is 66.4 Å². The molecule has 5 heteroatoms. The molecule has 1 amide bonds. The van der Waals surface area contributed by atoms with Gasteiger partial charge in [0.2, 0.25) is 0 Å². The van der Waals surface area contributed by atoms with Crippen molar-refractivity contribution in [3.8, 4) is 0 Å². The van der Waals surface area contributed by atoms with Gasteiger partial charge in [-0.15, -0.1) is 0 Å². The minimum atomic E-state index is -0.762. The minimum Gasteiger partial charge on any atom is -0.481 e. The molecule has 0 unspecified atom stereocenters. The van der Waals surface area contributed by atoms with Crippen molar-refractivity contribution in [2.24, 2.45) is 5.92 Å². The zero-order valence-corrected chi connectivity index (χ0v) is 12.8. The molecular formula is C14H16INO3. The Bertz CT molecular complexity index is 515. The molecule has 102 valence electrons. The van der Waals surface area contributed by atoms with Crippen molar-refractivity contribution in [2.75, 3.05) is 0 Å². The van der Waals surface area contributed by atoms with Crippen LogP contribution in [0.25, 0.3) is 0 Å². The molecule has 1 aromatic carbocycles. The van der Waals surface area contributed by atoms with Crippen molar-refractivity contribution in [3.05, 3.63) is 32.9 Å². The second kappa shape index (κ2) is 5.90. The van der Waals surface area contributed by atoms with E-state index in [1.54, 1.807) is 6.07 Å². The lowest BCUT2D eigenvalue weighted by Crippen LogP contribution is -2.33. The van der Waals surface area contributed by atoms with Gasteiger partial charge in [-0.1, -0.05) is 12.1 Å². The molecule has 19 heavy (non-hydrogen) atoms. The third-order valence-electron chi connectivity index (χ3n) is 3.55. The summed E-state index contributed by atoms with van der Waals surface area (Å²) in [6.45, 7) is 1.97. The molecule has 0 saturated heterocycles. The van der Waals surface area contributed by atoms with E-state index in [1.807, 2.05) is 19.1 Å². The Morgan fingerprint density at radius 1 is 1.37 bits per heavy atom. The number of benzene rings is 1. The predicted molar refractivity (Wildman–Crippen MR) is 80.1 cm³/mol. The van der Waals surface area contributed by atoms with Crippen molar-refractivity contribution in [1.82, 2.24) is 5.32 Å². The first-order chi connectivity index (χ1) is 8.99. The Hall–Kier alpha value is -1.11. The zero-order valence-electron chi connectivity index (χ0n) is 10.6. The number of carbonyl (C=O) groups is 2. The Labute approximate surface area is 125 Å². The van der Waals surface area contributed by atoms with Gasteiger partial charge in [-0.2, -0.15) is 0 Å². The molecule has 0 radical (unpaired) electrons.